The van der Waals surface area contributed by atoms with E-state index in [0.717, 1.165) is 23.1 Å². The molecule has 0 spiro atoms. The van der Waals surface area contributed by atoms with Gasteiger partial charge >= 0.3 is 18.2 Å². The van der Waals surface area contributed by atoms with Gasteiger partial charge in [-0.05, 0) is 102 Å². The number of nitrogens with one attached hydrogen (secondary N) is 2. The summed E-state index contributed by atoms with van der Waals surface area (Å²) in [6, 6.07) is 47.0. The number of esters is 1. The van der Waals surface area contributed by atoms with E-state index in [4.69, 9.17) is 29.9 Å². The number of hydrogen-bond acceptors (Lipinski definition) is 11. The van der Waals surface area contributed by atoms with E-state index < -0.39 is 34.5 Å². The maximum atomic E-state index is 14.2. The normalized spacial score (nSPS) is 14.9. The van der Waals surface area contributed by atoms with Crippen molar-refractivity contribution in [3.63, 3.8) is 0 Å². The summed E-state index contributed by atoms with van der Waals surface area (Å²) < 4.78 is 16.2. The Morgan fingerprint density at radius 3 is 1.21 bits per heavy atom. The number of rotatable bonds is 16. The van der Waals surface area contributed by atoms with Gasteiger partial charge in [-0.15, -0.1) is 0 Å². The second-order valence-corrected chi connectivity index (χ2v) is 19.4. The summed E-state index contributed by atoms with van der Waals surface area (Å²) in [5, 5.41) is 5.42. The Labute approximate surface area is 422 Å². The number of unbranched alkanes of at least 4 members (excludes halogenated alkanes) is 3. The van der Waals surface area contributed by atoms with E-state index in [0.29, 0.717) is 56.4 Å². The van der Waals surface area contributed by atoms with Crippen LogP contribution in [-0.2, 0) is 46.3 Å². The summed E-state index contributed by atoms with van der Waals surface area (Å²) in [6.45, 7) is 12.1. The molecule has 72 heavy (non-hydrogen) atoms. The first-order valence-corrected chi connectivity index (χ1v) is 24.4. The molecule has 15 heteroatoms. The van der Waals surface area contributed by atoms with Crippen LogP contribution in [0.3, 0.4) is 0 Å². The van der Waals surface area contributed by atoms with E-state index >= 15 is 0 Å². The third-order valence-electron chi connectivity index (χ3n) is 11.5. The lowest BCUT2D eigenvalue weighted by Gasteiger charge is -2.27. The number of alkyl carbamates (subject to hydrolysis) is 2. The van der Waals surface area contributed by atoms with Crippen molar-refractivity contribution in [3.8, 4) is 0 Å². The molecule has 0 unspecified atom stereocenters. The second-order valence-electron chi connectivity index (χ2n) is 19.4. The lowest BCUT2D eigenvalue weighted by atomic mass is 9.83. The molecule has 15 nitrogen and oxygen atoms in total. The quantitative estimate of drug-likeness (QED) is 0.0491. The van der Waals surface area contributed by atoms with Crippen LogP contribution in [-0.4, -0.2) is 82.5 Å². The van der Waals surface area contributed by atoms with Crippen LogP contribution in [0.1, 0.15) is 108 Å². The average Bonchev–Trinajstić information content (AvgIpc) is 3.79. The Morgan fingerprint density at radius 1 is 0.514 bits per heavy atom. The number of hydrogen-bond donors (Lipinski definition) is 3. The number of carbonyl (C=O) groups excluding carboxylic acids is 5. The third-order valence-corrected chi connectivity index (χ3v) is 11.5. The zero-order valence-electron chi connectivity index (χ0n) is 42.1. The molecule has 5 aromatic rings. The van der Waals surface area contributed by atoms with Crippen LogP contribution in [0, 0.1) is 0 Å². The lowest BCUT2D eigenvalue weighted by Crippen LogP contribution is -2.47. The van der Waals surface area contributed by atoms with E-state index in [1.54, 1.807) is 41.5 Å². The number of nitrogens with two attached hydrogens (primary N) is 1. The summed E-state index contributed by atoms with van der Waals surface area (Å²) >= 11 is 0. The Morgan fingerprint density at radius 2 is 0.861 bits per heavy atom. The molecule has 0 saturated heterocycles. The van der Waals surface area contributed by atoms with E-state index in [-0.39, 0.29) is 42.7 Å². The summed E-state index contributed by atoms with van der Waals surface area (Å²) in [6.07, 6.45) is 2.30. The molecular formula is C57H67N7O8. The molecule has 0 radical (unpaired) electrons. The zero-order valence-corrected chi connectivity index (χ0v) is 42.1. The van der Waals surface area contributed by atoms with Gasteiger partial charge in [0.1, 0.15) is 17.8 Å². The summed E-state index contributed by atoms with van der Waals surface area (Å²) in [4.78, 5) is 78.3. The number of amides is 4. The van der Waals surface area contributed by atoms with Crippen molar-refractivity contribution in [1.82, 2.24) is 20.4 Å². The molecule has 2 heterocycles. The van der Waals surface area contributed by atoms with Gasteiger partial charge in [-0.1, -0.05) is 158 Å². The molecule has 378 valence electrons. The standard InChI is InChI=1S/C33H37N3O5.C24H30N4O3/c1-32(2,3)41-31(39)34-30-35-33(26-18-10-5-11-19-26,27-20-12-6-13-21-27)29(38)36(30)23-15-7-14-22-28(37)40-24-25-16-8-4-9-17-25;1-23(2,3)31-22(30)26-21-27-24(18-12-6-4-7-13-18,19-14-8-5-9-15-19)20(29)28(21)17-11-10-16-25/h4-6,8-13,16-21H,7,14-15,22-24H2,1-3H3,(H,34,35,39);4-9,12-15H,10-11,16-17,25H2,1-3H3,(H,26,27,30). The number of carbonyl (C=O) groups is 5. The second kappa shape index (κ2) is 24.5. The third kappa shape index (κ3) is 13.8. The molecule has 0 aliphatic carbocycles. The van der Waals surface area contributed by atoms with Crippen LogP contribution in [0.4, 0.5) is 9.59 Å². The van der Waals surface area contributed by atoms with Crippen LogP contribution in [0.5, 0.6) is 0 Å². The molecule has 2 aliphatic heterocycles. The maximum Gasteiger partial charge on any atom is 0.414 e. The molecule has 0 atom stereocenters. The number of aliphatic imine (C=N–C) groups is 2. The van der Waals surface area contributed by atoms with Crippen LogP contribution in [0.25, 0.3) is 0 Å². The van der Waals surface area contributed by atoms with Crippen molar-refractivity contribution >= 4 is 41.9 Å². The van der Waals surface area contributed by atoms with Gasteiger partial charge in [-0.25, -0.2) is 19.6 Å². The minimum Gasteiger partial charge on any atom is -0.461 e. The fraction of sp³-hybridized carbons (Fsp3) is 0.351. The van der Waals surface area contributed by atoms with Crippen LogP contribution < -0.4 is 16.4 Å². The van der Waals surface area contributed by atoms with Crippen molar-refractivity contribution in [2.24, 2.45) is 15.7 Å². The highest BCUT2D eigenvalue weighted by Gasteiger charge is 2.53. The van der Waals surface area contributed by atoms with Crippen molar-refractivity contribution in [2.75, 3.05) is 19.6 Å². The minimum atomic E-state index is -1.35. The van der Waals surface area contributed by atoms with Gasteiger partial charge < -0.3 is 19.9 Å². The SMILES string of the molecule is CC(C)(C)OC(=O)NC1=NC(c2ccccc2)(c2ccccc2)C(=O)N1CCCCCC(=O)OCc1ccccc1.CC(C)(C)OC(=O)NC1=NC(c2ccccc2)(c2ccccc2)C(=O)N1CCCCN. The first-order valence-electron chi connectivity index (χ1n) is 24.4. The minimum absolute atomic E-state index is 0.138. The van der Waals surface area contributed by atoms with E-state index in [2.05, 4.69) is 10.6 Å². The van der Waals surface area contributed by atoms with Gasteiger partial charge in [0.2, 0.25) is 11.9 Å². The van der Waals surface area contributed by atoms with Gasteiger partial charge in [0.05, 0.1) is 0 Å². The van der Waals surface area contributed by atoms with Gasteiger partial charge in [0, 0.05) is 19.5 Å². The molecule has 0 aromatic heterocycles. The van der Waals surface area contributed by atoms with Crippen molar-refractivity contribution in [1.29, 1.82) is 0 Å². The van der Waals surface area contributed by atoms with Gasteiger partial charge in [-0.2, -0.15) is 0 Å². The van der Waals surface area contributed by atoms with E-state index in [1.807, 2.05) is 152 Å². The molecule has 0 saturated carbocycles. The molecular weight excluding hydrogens is 911 g/mol. The lowest BCUT2D eigenvalue weighted by molar-refractivity contribution is -0.145. The first-order chi connectivity index (χ1) is 34.5. The molecule has 4 amide bonds. The van der Waals surface area contributed by atoms with Gasteiger partial charge in [-0.3, -0.25) is 34.8 Å². The Bertz CT molecular complexity index is 2570. The topological polar surface area (TPSA) is 194 Å². The Kier molecular flexibility index (Phi) is 18.2. The monoisotopic (exact) mass is 978 g/mol. The van der Waals surface area contributed by atoms with E-state index in [1.165, 1.54) is 9.80 Å². The summed E-state index contributed by atoms with van der Waals surface area (Å²) in [7, 11) is 0. The van der Waals surface area contributed by atoms with Crippen LogP contribution in [0.2, 0.25) is 0 Å². The summed E-state index contributed by atoms with van der Waals surface area (Å²) in [5.41, 5.74) is 5.42. The average molecular weight is 978 g/mol. The highest BCUT2D eigenvalue weighted by molar-refractivity contribution is 6.13. The van der Waals surface area contributed by atoms with Crippen LogP contribution in [0.15, 0.2) is 162 Å². The fourth-order valence-corrected chi connectivity index (χ4v) is 8.26. The van der Waals surface area contributed by atoms with E-state index in [9.17, 15) is 24.0 Å². The highest BCUT2D eigenvalue weighted by Crippen LogP contribution is 2.41. The van der Waals surface area contributed by atoms with Gasteiger partial charge in [0.15, 0.2) is 11.1 Å². The molecule has 4 N–H and O–H groups in total. The van der Waals surface area contributed by atoms with Crippen molar-refractivity contribution in [2.45, 2.75) is 109 Å². The zero-order chi connectivity index (χ0) is 51.8. The predicted molar refractivity (Wildman–Crippen MR) is 277 cm³/mol. The number of nitrogens with zero attached hydrogens (tertiary/aromatic N) is 4. The van der Waals surface area contributed by atoms with Gasteiger partial charge in [0.25, 0.3) is 11.8 Å². The maximum absolute atomic E-state index is 14.2. The highest BCUT2D eigenvalue weighted by atomic mass is 16.6. The smallest absolute Gasteiger partial charge is 0.414 e. The molecule has 0 fully saturated rings. The molecule has 5 aromatic carbocycles. The number of guanidine groups is 2. The van der Waals surface area contributed by atoms with Crippen molar-refractivity contribution < 1.29 is 38.2 Å². The Hall–Kier alpha value is -7.65. The fourth-order valence-electron chi connectivity index (χ4n) is 8.26. The molecule has 0 bridgehead atoms. The molecule has 7 rings (SSSR count). The Balaban J connectivity index is 0.000000245. The first kappa shape index (κ1) is 53.7. The molecule has 2 aliphatic rings. The summed E-state index contributed by atoms with van der Waals surface area (Å²) in [5.74, 6) is -0.411. The van der Waals surface area contributed by atoms with Crippen molar-refractivity contribution in [3.05, 3.63) is 179 Å². The number of ether oxygens (including phenoxy) is 3. The predicted octanol–water partition coefficient (Wildman–Crippen LogP) is 9.35. The largest absolute Gasteiger partial charge is 0.461 e. The van der Waals surface area contributed by atoms with Crippen LogP contribution >= 0.6 is 0 Å². The number of benzene rings is 5.